The van der Waals surface area contributed by atoms with Crippen LogP contribution in [0, 0.1) is 5.82 Å². The molecule has 1 aromatic heterocycles. The molecule has 0 unspecified atom stereocenters. The molecular weight excluding hydrogens is 275 g/mol. The maximum absolute atomic E-state index is 12.8. The molecule has 5 nitrogen and oxygen atoms in total. The maximum atomic E-state index is 12.8. The molecule has 1 heterocycles. The van der Waals surface area contributed by atoms with E-state index in [0.29, 0.717) is 16.7 Å². The van der Waals surface area contributed by atoms with Crippen molar-refractivity contribution in [3.05, 3.63) is 70.0 Å². The Labute approximate surface area is 118 Å². The van der Waals surface area contributed by atoms with Gasteiger partial charge in [0.15, 0.2) is 5.58 Å². The Morgan fingerprint density at radius 3 is 2.71 bits per heavy atom. The monoisotopic (exact) mass is 286 g/mol. The van der Waals surface area contributed by atoms with Crippen LogP contribution in [0.5, 0.6) is 0 Å². The SMILES string of the molecule is O=C(NCc1ccc(F)cc1)c1ccc2[nH]c(=O)oc2c1. The predicted octanol–water partition coefficient (Wildman–Crippen LogP) is 2.19. The average molecular weight is 286 g/mol. The van der Waals surface area contributed by atoms with Crippen LogP contribution in [0.1, 0.15) is 15.9 Å². The fraction of sp³-hybridized carbons (Fsp3) is 0.0667. The van der Waals surface area contributed by atoms with E-state index in [9.17, 15) is 14.0 Å². The van der Waals surface area contributed by atoms with Gasteiger partial charge in [-0.25, -0.2) is 9.18 Å². The number of H-pyrrole nitrogens is 1. The highest BCUT2D eigenvalue weighted by Crippen LogP contribution is 2.12. The first-order valence-corrected chi connectivity index (χ1v) is 6.27. The van der Waals surface area contributed by atoms with Gasteiger partial charge in [-0.3, -0.25) is 9.78 Å². The number of oxazole rings is 1. The topological polar surface area (TPSA) is 75.1 Å². The lowest BCUT2D eigenvalue weighted by Gasteiger charge is -2.05. The van der Waals surface area contributed by atoms with E-state index in [-0.39, 0.29) is 18.3 Å². The second kappa shape index (κ2) is 5.24. The van der Waals surface area contributed by atoms with Crippen molar-refractivity contribution >= 4 is 17.0 Å². The molecule has 1 amide bonds. The molecule has 0 atom stereocenters. The number of carbonyl (C=O) groups excluding carboxylic acids is 1. The van der Waals surface area contributed by atoms with E-state index in [2.05, 4.69) is 10.3 Å². The van der Waals surface area contributed by atoms with Gasteiger partial charge in [0.2, 0.25) is 0 Å². The third-order valence-corrected chi connectivity index (χ3v) is 3.05. The van der Waals surface area contributed by atoms with Gasteiger partial charge in [-0.05, 0) is 35.9 Å². The number of aromatic nitrogens is 1. The molecule has 0 aliphatic carbocycles. The van der Waals surface area contributed by atoms with E-state index in [4.69, 9.17) is 4.42 Å². The van der Waals surface area contributed by atoms with Crippen LogP contribution in [0.4, 0.5) is 4.39 Å². The summed E-state index contributed by atoms with van der Waals surface area (Å²) >= 11 is 0. The van der Waals surface area contributed by atoms with Crippen molar-refractivity contribution in [1.29, 1.82) is 0 Å². The summed E-state index contributed by atoms with van der Waals surface area (Å²) in [6, 6.07) is 10.6. The minimum Gasteiger partial charge on any atom is -0.408 e. The zero-order valence-corrected chi connectivity index (χ0v) is 10.9. The van der Waals surface area contributed by atoms with Gasteiger partial charge in [-0.15, -0.1) is 0 Å². The van der Waals surface area contributed by atoms with Gasteiger partial charge in [-0.2, -0.15) is 0 Å². The molecule has 3 rings (SSSR count). The molecule has 106 valence electrons. The number of hydrogen-bond acceptors (Lipinski definition) is 3. The highest BCUT2D eigenvalue weighted by atomic mass is 19.1. The first kappa shape index (κ1) is 13.1. The second-order valence-corrected chi connectivity index (χ2v) is 4.53. The number of rotatable bonds is 3. The largest absolute Gasteiger partial charge is 0.417 e. The number of fused-ring (bicyclic) bond motifs is 1. The van der Waals surface area contributed by atoms with Crippen LogP contribution in [0.2, 0.25) is 0 Å². The van der Waals surface area contributed by atoms with Crippen LogP contribution in [-0.2, 0) is 6.54 Å². The Morgan fingerprint density at radius 1 is 1.19 bits per heavy atom. The van der Waals surface area contributed by atoms with Crippen LogP contribution in [0.25, 0.3) is 11.1 Å². The second-order valence-electron chi connectivity index (χ2n) is 4.53. The lowest BCUT2D eigenvalue weighted by molar-refractivity contribution is 0.0951. The average Bonchev–Trinajstić information content (AvgIpc) is 2.85. The molecular formula is C15H11FN2O3. The first-order valence-electron chi connectivity index (χ1n) is 6.27. The zero-order chi connectivity index (χ0) is 14.8. The van der Waals surface area contributed by atoms with E-state index >= 15 is 0 Å². The van der Waals surface area contributed by atoms with Crippen molar-refractivity contribution in [1.82, 2.24) is 10.3 Å². The van der Waals surface area contributed by atoms with Crippen LogP contribution in [0.15, 0.2) is 51.7 Å². The van der Waals surface area contributed by atoms with Crippen molar-refractivity contribution in [3.63, 3.8) is 0 Å². The summed E-state index contributed by atoms with van der Waals surface area (Å²) in [5.74, 6) is -1.18. The van der Waals surface area contributed by atoms with Crippen molar-refractivity contribution in [3.8, 4) is 0 Å². The molecule has 3 aromatic rings. The van der Waals surface area contributed by atoms with Gasteiger partial charge in [0, 0.05) is 12.1 Å². The third kappa shape index (κ3) is 2.84. The van der Waals surface area contributed by atoms with E-state index in [1.807, 2.05) is 0 Å². The molecule has 0 aliphatic rings. The van der Waals surface area contributed by atoms with Crippen LogP contribution in [0.3, 0.4) is 0 Å². The number of benzene rings is 2. The van der Waals surface area contributed by atoms with Crippen molar-refractivity contribution in [2.45, 2.75) is 6.54 Å². The molecule has 0 radical (unpaired) electrons. The van der Waals surface area contributed by atoms with Gasteiger partial charge in [-0.1, -0.05) is 12.1 Å². The number of nitrogens with one attached hydrogen (secondary N) is 2. The molecule has 2 N–H and O–H groups in total. The summed E-state index contributed by atoms with van der Waals surface area (Å²) in [6.07, 6.45) is 0. The summed E-state index contributed by atoms with van der Waals surface area (Å²) in [4.78, 5) is 25.6. The maximum Gasteiger partial charge on any atom is 0.417 e. The third-order valence-electron chi connectivity index (χ3n) is 3.05. The highest BCUT2D eigenvalue weighted by molar-refractivity contribution is 5.96. The Balaban J connectivity index is 1.74. The summed E-state index contributed by atoms with van der Waals surface area (Å²) in [5, 5.41) is 2.71. The van der Waals surface area contributed by atoms with Crippen LogP contribution >= 0.6 is 0 Å². The molecule has 2 aromatic carbocycles. The molecule has 0 saturated heterocycles. The quantitative estimate of drug-likeness (QED) is 0.775. The van der Waals surface area contributed by atoms with Crippen LogP contribution in [-0.4, -0.2) is 10.9 Å². The van der Waals surface area contributed by atoms with Crippen molar-refractivity contribution < 1.29 is 13.6 Å². The molecule has 0 saturated carbocycles. The summed E-state index contributed by atoms with van der Waals surface area (Å²) in [6.45, 7) is 0.286. The standard InChI is InChI=1S/C15H11FN2O3/c16-11-4-1-9(2-5-11)8-17-14(19)10-3-6-12-13(7-10)21-15(20)18-12/h1-7H,8H2,(H,17,19)(H,18,20). The Morgan fingerprint density at radius 2 is 1.95 bits per heavy atom. The Bertz CT molecular complexity index is 849. The van der Waals surface area contributed by atoms with Gasteiger partial charge in [0.1, 0.15) is 5.82 Å². The number of carbonyl (C=O) groups is 1. The van der Waals surface area contributed by atoms with Gasteiger partial charge in [0.25, 0.3) is 5.91 Å². The Kier molecular flexibility index (Phi) is 3.27. The number of aromatic amines is 1. The first-order chi connectivity index (χ1) is 10.1. The molecule has 0 fully saturated rings. The summed E-state index contributed by atoms with van der Waals surface area (Å²) in [5.41, 5.74) is 2.04. The normalized spacial score (nSPS) is 10.7. The van der Waals surface area contributed by atoms with Gasteiger partial charge in [0.05, 0.1) is 5.52 Å². The van der Waals surface area contributed by atoms with E-state index in [1.54, 1.807) is 24.3 Å². The fourth-order valence-corrected chi connectivity index (χ4v) is 1.97. The minimum absolute atomic E-state index is 0.286. The Hall–Kier alpha value is -2.89. The smallest absolute Gasteiger partial charge is 0.408 e. The van der Waals surface area contributed by atoms with Crippen molar-refractivity contribution in [2.75, 3.05) is 0 Å². The number of halogens is 1. The van der Waals surface area contributed by atoms with Crippen LogP contribution < -0.4 is 11.1 Å². The number of hydrogen-bond donors (Lipinski definition) is 2. The molecule has 6 heteroatoms. The number of amides is 1. The predicted molar refractivity (Wildman–Crippen MR) is 74.4 cm³/mol. The highest BCUT2D eigenvalue weighted by Gasteiger charge is 2.08. The minimum atomic E-state index is -0.561. The molecule has 21 heavy (non-hydrogen) atoms. The lowest BCUT2D eigenvalue weighted by atomic mass is 10.2. The molecule has 0 aliphatic heterocycles. The summed E-state index contributed by atoms with van der Waals surface area (Å²) in [7, 11) is 0. The lowest BCUT2D eigenvalue weighted by Crippen LogP contribution is -2.22. The van der Waals surface area contributed by atoms with Gasteiger partial charge >= 0.3 is 5.76 Å². The van der Waals surface area contributed by atoms with Crippen molar-refractivity contribution in [2.24, 2.45) is 0 Å². The van der Waals surface area contributed by atoms with E-state index in [1.165, 1.54) is 18.2 Å². The summed E-state index contributed by atoms with van der Waals surface area (Å²) < 4.78 is 17.7. The zero-order valence-electron chi connectivity index (χ0n) is 10.9. The van der Waals surface area contributed by atoms with E-state index < -0.39 is 5.76 Å². The fourth-order valence-electron chi connectivity index (χ4n) is 1.97. The van der Waals surface area contributed by atoms with E-state index in [0.717, 1.165) is 5.56 Å². The van der Waals surface area contributed by atoms with Gasteiger partial charge < -0.3 is 9.73 Å². The molecule has 0 spiro atoms. The molecule has 0 bridgehead atoms.